The lowest BCUT2D eigenvalue weighted by Crippen LogP contribution is -2.38. The lowest BCUT2D eigenvalue weighted by molar-refractivity contribution is -0.155. The van der Waals surface area contributed by atoms with Crippen LogP contribution in [0.1, 0.15) is 22.1 Å². The number of carbonyl (C=O) groups excluding carboxylic acids is 1. The number of H-pyrrole nitrogens is 1. The highest BCUT2D eigenvalue weighted by Gasteiger charge is 2.42. The van der Waals surface area contributed by atoms with Gasteiger partial charge in [-0.1, -0.05) is 60.7 Å². The molecule has 0 radical (unpaired) electrons. The summed E-state index contributed by atoms with van der Waals surface area (Å²) < 4.78 is 39.9. The van der Waals surface area contributed by atoms with Gasteiger partial charge in [0.1, 0.15) is 5.69 Å². The molecule has 0 aliphatic carbocycles. The van der Waals surface area contributed by atoms with E-state index in [-0.39, 0.29) is 11.3 Å². The number of aromatic nitrogens is 2. The van der Waals surface area contributed by atoms with E-state index in [0.29, 0.717) is 5.69 Å². The van der Waals surface area contributed by atoms with Gasteiger partial charge in [0.15, 0.2) is 6.04 Å². The Morgan fingerprint density at radius 3 is 2.20 bits per heavy atom. The number of amides is 1. The van der Waals surface area contributed by atoms with Crippen LogP contribution in [0.25, 0.3) is 11.3 Å². The monoisotopic (exact) mass is 345 g/mol. The summed E-state index contributed by atoms with van der Waals surface area (Å²) in [7, 11) is 0. The van der Waals surface area contributed by atoms with Crippen LogP contribution in [0.15, 0.2) is 66.7 Å². The van der Waals surface area contributed by atoms with E-state index in [1.54, 1.807) is 30.3 Å². The SMILES string of the molecule is O=C(NC(c1ccccc1)C(F)(F)F)c1cc(-c2ccccc2)n[nH]1. The van der Waals surface area contributed by atoms with Crippen molar-refractivity contribution in [2.75, 3.05) is 0 Å². The van der Waals surface area contributed by atoms with E-state index < -0.39 is 18.1 Å². The highest BCUT2D eigenvalue weighted by atomic mass is 19.4. The van der Waals surface area contributed by atoms with Gasteiger partial charge in [-0.25, -0.2) is 0 Å². The Balaban J connectivity index is 1.82. The van der Waals surface area contributed by atoms with Gasteiger partial charge >= 0.3 is 6.18 Å². The summed E-state index contributed by atoms with van der Waals surface area (Å²) in [5.41, 5.74) is 1.16. The van der Waals surface area contributed by atoms with Crippen molar-refractivity contribution in [1.29, 1.82) is 0 Å². The van der Waals surface area contributed by atoms with Crippen molar-refractivity contribution in [3.63, 3.8) is 0 Å². The highest BCUT2D eigenvalue weighted by molar-refractivity contribution is 5.93. The van der Waals surface area contributed by atoms with E-state index in [0.717, 1.165) is 5.56 Å². The molecule has 128 valence electrons. The molecule has 0 saturated carbocycles. The molecule has 0 fully saturated rings. The molecule has 25 heavy (non-hydrogen) atoms. The lowest BCUT2D eigenvalue weighted by Gasteiger charge is -2.21. The summed E-state index contributed by atoms with van der Waals surface area (Å²) in [5, 5.41) is 8.48. The zero-order valence-electron chi connectivity index (χ0n) is 12.9. The van der Waals surface area contributed by atoms with Crippen LogP contribution in [0.4, 0.5) is 13.2 Å². The van der Waals surface area contributed by atoms with Gasteiger partial charge in [0, 0.05) is 5.56 Å². The first-order valence-electron chi connectivity index (χ1n) is 7.48. The van der Waals surface area contributed by atoms with E-state index in [1.165, 1.54) is 30.3 Å². The third kappa shape index (κ3) is 3.88. The number of nitrogens with one attached hydrogen (secondary N) is 2. The van der Waals surface area contributed by atoms with Crippen LogP contribution in [0.5, 0.6) is 0 Å². The quantitative estimate of drug-likeness (QED) is 0.748. The predicted molar refractivity (Wildman–Crippen MR) is 86.7 cm³/mol. The Labute approximate surface area is 141 Å². The standard InChI is InChI=1S/C18H14F3N3O/c19-18(20,21)16(13-9-5-2-6-10-13)22-17(25)15-11-14(23-24-15)12-7-3-1-4-8-12/h1-11,16H,(H,22,25)(H,23,24). The molecule has 1 aromatic heterocycles. The minimum Gasteiger partial charge on any atom is -0.335 e. The Bertz CT molecular complexity index is 845. The zero-order chi connectivity index (χ0) is 17.9. The molecule has 0 spiro atoms. The average molecular weight is 345 g/mol. The lowest BCUT2D eigenvalue weighted by atomic mass is 10.1. The second kappa shape index (κ2) is 6.80. The van der Waals surface area contributed by atoms with Gasteiger partial charge in [-0.3, -0.25) is 9.89 Å². The molecule has 1 heterocycles. The van der Waals surface area contributed by atoms with E-state index in [4.69, 9.17) is 0 Å². The third-order valence-electron chi connectivity index (χ3n) is 3.63. The first-order valence-corrected chi connectivity index (χ1v) is 7.48. The topological polar surface area (TPSA) is 57.8 Å². The number of hydrogen-bond donors (Lipinski definition) is 2. The number of carbonyl (C=O) groups is 1. The number of nitrogens with zero attached hydrogens (tertiary/aromatic N) is 1. The van der Waals surface area contributed by atoms with Crippen LogP contribution in [0, 0.1) is 0 Å². The van der Waals surface area contributed by atoms with E-state index in [9.17, 15) is 18.0 Å². The molecule has 1 unspecified atom stereocenters. The number of hydrogen-bond acceptors (Lipinski definition) is 2. The van der Waals surface area contributed by atoms with Crippen LogP contribution in [0.2, 0.25) is 0 Å². The molecule has 0 aliphatic rings. The molecule has 0 aliphatic heterocycles. The van der Waals surface area contributed by atoms with Crippen molar-refractivity contribution in [1.82, 2.24) is 15.5 Å². The summed E-state index contributed by atoms with van der Waals surface area (Å²) in [6.45, 7) is 0. The van der Waals surface area contributed by atoms with Crippen molar-refractivity contribution in [2.24, 2.45) is 0 Å². The van der Waals surface area contributed by atoms with Crippen LogP contribution in [0.3, 0.4) is 0 Å². The minimum atomic E-state index is -4.61. The number of rotatable bonds is 4. The van der Waals surface area contributed by atoms with Crippen molar-refractivity contribution in [2.45, 2.75) is 12.2 Å². The number of alkyl halides is 3. The minimum absolute atomic E-state index is 0.0360. The Morgan fingerprint density at radius 2 is 1.60 bits per heavy atom. The van der Waals surface area contributed by atoms with Crippen molar-refractivity contribution in [3.8, 4) is 11.3 Å². The van der Waals surface area contributed by atoms with Crippen LogP contribution >= 0.6 is 0 Å². The van der Waals surface area contributed by atoms with E-state index >= 15 is 0 Å². The summed E-state index contributed by atoms with van der Waals surface area (Å²) >= 11 is 0. The fourth-order valence-corrected chi connectivity index (χ4v) is 2.40. The molecule has 2 N–H and O–H groups in total. The largest absolute Gasteiger partial charge is 0.412 e. The van der Waals surface area contributed by atoms with Crippen LogP contribution < -0.4 is 5.32 Å². The molecule has 0 saturated heterocycles. The number of aromatic amines is 1. The third-order valence-corrected chi connectivity index (χ3v) is 3.63. The maximum atomic E-state index is 13.3. The van der Waals surface area contributed by atoms with Gasteiger partial charge in [-0.15, -0.1) is 0 Å². The van der Waals surface area contributed by atoms with Gasteiger partial charge in [0.05, 0.1) is 5.69 Å². The van der Waals surface area contributed by atoms with Crippen molar-refractivity contribution in [3.05, 3.63) is 78.0 Å². The zero-order valence-corrected chi connectivity index (χ0v) is 12.9. The molecule has 3 rings (SSSR count). The van der Waals surface area contributed by atoms with Gasteiger partial charge in [-0.05, 0) is 11.6 Å². The number of halogens is 3. The average Bonchev–Trinajstić information content (AvgIpc) is 3.10. The molecular formula is C18H14F3N3O. The Kier molecular flexibility index (Phi) is 4.56. The Morgan fingerprint density at radius 1 is 1.00 bits per heavy atom. The van der Waals surface area contributed by atoms with Crippen LogP contribution in [-0.4, -0.2) is 22.3 Å². The summed E-state index contributed by atoms with van der Waals surface area (Å²) in [6.07, 6.45) is -4.61. The molecule has 2 aromatic carbocycles. The normalized spacial score (nSPS) is 12.6. The molecule has 4 nitrogen and oxygen atoms in total. The number of benzene rings is 2. The summed E-state index contributed by atoms with van der Waals surface area (Å²) in [5.74, 6) is -0.874. The summed E-state index contributed by atoms with van der Waals surface area (Å²) in [6, 6.07) is 15.6. The van der Waals surface area contributed by atoms with E-state index in [2.05, 4.69) is 10.2 Å². The van der Waals surface area contributed by atoms with Crippen LogP contribution in [-0.2, 0) is 0 Å². The maximum Gasteiger partial charge on any atom is 0.412 e. The molecule has 0 bridgehead atoms. The first-order chi connectivity index (χ1) is 11.9. The summed E-state index contributed by atoms with van der Waals surface area (Å²) in [4.78, 5) is 12.2. The first kappa shape index (κ1) is 16.8. The van der Waals surface area contributed by atoms with Crippen molar-refractivity contribution < 1.29 is 18.0 Å². The maximum absolute atomic E-state index is 13.3. The second-order valence-corrected chi connectivity index (χ2v) is 5.39. The highest BCUT2D eigenvalue weighted by Crippen LogP contribution is 2.32. The van der Waals surface area contributed by atoms with Gasteiger partial charge in [0.25, 0.3) is 5.91 Å². The Hall–Kier alpha value is -3.09. The molecule has 1 atom stereocenters. The fraction of sp³-hybridized carbons (Fsp3) is 0.111. The van der Waals surface area contributed by atoms with Gasteiger partial charge < -0.3 is 5.32 Å². The van der Waals surface area contributed by atoms with Gasteiger partial charge in [0.2, 0.25) is 0 Å². The second-order valence-electron chi connectivity index (χ2n) is 5.39. The smallest absolute Gasteiger partial charge is 0.335 e. The molecular weight excluding hydrogens is 331 g/mol. The molecule has 1 amide bonds. The van der Waals surface area contributed by atoms with E-state index in [1.807, 2.05) is 11.4 Å². The molecule has 7 heteroatoms. The fourth-order valence-electron chi connectivity index (χ4n) is 2.40. The van der Waals surface area contributed by atoms with Crippen molar-refractivity contribution >= 4 is 5.91 Å². The van der Waals surface area contributed by atoms with Gasteiger partial charge in [-0.2, -0.15) is 18.3 Å². The molecule has 3 aromatic rings. The predicted octanol–water partition coefficient (Wildman–Crippen LogP) is 4.11.